The van der Waals surface area contributed by atoms with E-state index in [0.717, 1.165) is 16.3 Å². The number of ether oxygens (including phenoxy) is 1. The molecule has 4 aromatic carbocycles. The quantitative estimate of drug-likeness (QED) is 0.288. The van der Waals surface area contributed by atoms with Crippen molar-refractivity contribution in [2.75, 3.05) is 10.0 Å². The number of aryl methyl sites for hydroxylation is 1. The topological polar surface area (TPSA) is 84.5 Å². The molecule has 0 aliphatic carbocycles. The number of amides is 1. The Hall–Kier alpha value is -3.55. The van der Waals surface area contributed by atoms with Crippen LogP contribution in [0.4, 0.5) is 11.4 Å². The summed E-state index contributed by atoms with van der Waals surface area (Å²) < 4.78 is 34.2. The molecule has 0 saturated carbocycles. The van der Waals surface area contributed by atoms with Gasteiger partial charge >= 0.3 is 0 Å². The van der Waals surface area contributed by atoms with Crippen LogP contribution in [0, 0.1) is 6.92 Å². The van der Waals surface area contributed by atoms with Crippen LogP contribution < -0.4 is 14.8 Å². The van der Waals surface area contributed by atoms with Gasteiger partial charge < -0.3 is 10.1 Å². The summed E-state index contributed by atoms with van der Waals surface area (Å²) in [5.41, 5.74) is 1.62. The summed E-state index contributed by atoms with van der Waals surface area (Å²) in [6.45, 7) is 3.66. The van der Waals surface area contributed by atoms with Crippen molar-refractivity contribution in [3.8, 4) is 5.75 Å². The lowest BCUT2D eigenvalue weighted by atomic mass is 10.1. The molecule has 2 N–H and O–H groups in total. The van der Waals surface area contributed by atoms with E-state index in [1.807, 2.05) is 49.4 Å². The Morgan fingerprint density at radius 1 is 0.971 bits per heavy atom. The Bertz CT molecular complexity index is 1470. The summed E-state index contributed by atoms with van der Waals surface area (Å²) >= 11 is 5.99. The molecule has 1 unspecified atom stereocenters. The number of anilines is 2. The first kappa shape index (κ1) is 24.6. The van der Waals surface area contributed by atoms with Crippen LogP contribution >= 0.6 is 11.6 Å². The number of carbonyl (C=O) groups excluding carboxylic acids is 1. The molecule has 6 nitrogen and oxygen atoms in total. The van der Waals surface area contributed by atoms with Gasteiger partial charge in [-0.15, -0.1) is 0 Å². The molecule has 180 valence electrons. The van der Waals surface area contributed by atoms with Crippen molar-refractivity contribution in [3.05, 3.63) is 95.5 Å². The summed E-state index contributed by atoms with van der Waals surface area (Å²) in [5.74, 6) is 0.317. The number of hydrogen-bond donors (Lipinski definition) is 2. The molecule has 1 atom stereocenters. The molecule has 1 amide bonds. The van der Waals surface area contributed by atoms with Gasteiger partial charge in [0.05, 0.1) is 10.6 Å². The Labute approximate surface area is 209 Å². The third kappa shape index (κ3) is 5.75. The minimum atomic E-state index is -3.83. The zero-order chi connectivity index (χ0) is 25.0. The first-order valence-corrected chi connectivity index (χ1v) is 13.0. The molecule has 4 aromatic rings. The molecule has 0 saturated heterocycles. The highest BCUT2D eigenvalue weighted by Crippen LogP contribution is 2.27. The highest BCUT2D eigenvalue weighted by atomic mass is 35.5. The van der Waals surface area contributed by atoms with Crippen LogP contribution in [0.2, 0.25) is 5.02 Å². The molecular weight excluding hydrogens is 484 g/mol. The molecule has 0 bridgehead atoms. The zero-order valence-electron chi connectivity index (χ0n) is 19.3. The number of sulfonamides is 1. The fourth-order valence-corrected chi connectivity index (χ4v) is 4.92. The lowest BCUT2D eigenvalue weighted by Crippen LogP contribution is -2.32. The number of benzene rings is 4. The Kier molecular flexibility index (Phi) is 7.28. The maximum absolute atomic E-state index is 12.9. The van der Waals surface area contributed by atoms with Crippen LogP contribution in [0.15, 0.2) is 89.8 Å². The predicted octanol–water partition coefficient (Wildman–Crippen LogP) is 6.40. The molecule has 8 heteroatoms. The molecule has 0 aliphatic heterocycles. The molecule has 0 radical (unpaired) electrons. The first-order chi connectivity index (χ1) is 16.8. The van der Waals surface area contributed by atoms with Gasteiger partial charge in [0.15, 0.2) is 6.10 Å². The van der Waals surface area contributed by atoms with Gasteiger partial charge in [-0.1, -0.05) is 61.0 Å². The molecule has 35 heavy (non-hydrogen) atoms. The fourth-order valence-electron chi connectivity index (χ4n) is 3.62. The van der Waals surface area contributed by atoms with E-state index in [2.05, 4.69) is 10.0 Å². The van der Waals surface area contributed by atoms with Crippen molar-refractivity contribution in [1.82, 2.24) is 0 Å². The van der Waals surface area contributed by atoms with Crippen LogP contribution in [0.3, 0.4) is 0 Å². The largest absolute Gasteiger partial charge is 0.480 e. The van der Waals surface area contributed by atoms with Crippen molar-refractivity contribution in [2.45, 2.75) is 31.3 Å². The van der Waals surface area contributed by atoms with E-state index in [0.29, 0.717) is 28.6 Å². The Balaban J connectivity index is 1.46. The van der Waals surface area contributed by atoms with Gasteiger partial charge in [-0.2, -0.15) is 0 Å². The van der Waals surface area contributed by atoms with Gasteiger partial charge in [0.1, 0.15) is 5.75 Å². The number of carbonyl (C=O) groups is 1. The third-order valence-electron chi connectivity index (χ3n) is 5.56. The van der Waals surface area contributed by atoms with E-state index in [-0.39, 0.29) is 10.8 Å². The minimum Gasteiger partial charge on any atom is -0.480 e. The summed E-state index contributed by atoms with van der Waals surface area (Å²) in [4.78, 5) is 13.0. The highest BCUT2D eigenvalue weighted by Gasteiger charge is 2.20. The SMILES string of the molecule is CCC(Oc1cccc2ccccc12)C(=O)Nc1ccc(S(=O)(=O)Nc2cc(Cl)ccc2C)cc1. The average molecular weight is 509 g/mol. The summed E-state index contributed by atoms with van der Waals surface area (Å²) in [6.07, 6.45) is -0.249. The lowest BCUT2D eigenvalue weighted by Gasteiger charge is -2.19. The van der Waals surface area contributed by atoms with Crippen molar-refractivity contribution >= 4 is 49.7 Å². The lowest BCUT2D eigenvalue weighted by molar-refractivity contribution is -0.122. The summed E-state index contributed by atoms with van der Waals surface area (Å²) in [6, 6.07) is 24.5. The fraction of sp³-hybridized carbons (Fsp3) is 0.148. The number of halogens is 1. The first-order valence-electron chi connectivity index (χ1n) is 11.1. The number of nitrogens with one attached hydrogen (secondary N) is 2. The smallest absolute Gasteiger partial charge is 0.265 e. The van der Waals surface area contributed by atoms with Gasteiger partial charge in [0.25, 0.3) is 15.9 Å². The maximum Gasteiger partial charge on any atom is 0.265 e. The zero-order valence-corrected chi connectivity index (χ0v) is 20.9. The average Bonchev–Trinajstić information content (AvgIpc) is 2.85. The Morgan fingerprint density at radius 2 is 1.69 bits per heavy atom. The molecule has 0 aromatic heterocycles. The van der Waals surface area contributed by atoms with Crippen LogP contribution in [-0.4, -0.2) is 20.4 Å². The van der Waals surface area contributed by atoms with Crippen molar-refractivity contribution in [1.29, 1.82) is 0 Å². The van der Waals surface area contributed by atoms with Gasteiger partial charge in [-0.05, 0) is 66.8 Å². The van der Waals surface area contributed by atoms with Crippen molar-refractivity contribution in [3.63, 3.8) is 0 Å². The van der Waals surface area contributed by atoms with Crippen LogP contribution in [0.1, 0.15) is 18.9 Å². The van der Waals surface area contributed by atoms with Gasteiger partial charge in [0, 0.05) is 16.1 Å². The normalized spacial score (nSPS) is 12.2. The summed E-state index contributed by atoms with van der Waals surface area (Å²) in [7, 11) is -3.83. The minimum absolute atomic E-state index is 0.0638. The molecule has 4 rings (SSSR count). The van der Waals surface area contributed by atoms with E-state index in [1.165, 1.54) is 12.1 Å². The van der Waals surface area contributed by atoms with Gasteiger partial charge in [0.2, 0.25) is 0 Å². The second-order valence-corrected chi connectivity index (χ2v) is 10.2. The number of fused-ring (bicyclic) bond motifs is 1. The van der Waals surface area contributed by atoms with Crippen molar-refractivity contribution < 1.29 is 17.9 Å². The monoisotopic (exact) mass is 508 g/mol. The van der Waals surface area contributed by atoms with Crippen LogP contribution in [0.5, 0.6) is 5.75 Å². The second-order valence-electron chi connectivity index (χ2n) is 8.07. The molecule has 0 aliphatic rings. The van der Waals surface area contributed by atoms with Gasteiger partial charge in [-0.25, -0.2) is 8.42 Å². The van der Waals surface area contributed by atoms with Gasteiger partial charge in [-0.3, -0.25) is 9.52 Å². The number of rotatable bonds is 8. The Morgan fingerprint density at radius 3 is 2.43 bits per heavy atom. The van der Waals surface area contributed by atoms with E-state index in [9.17, 15) is 13.2 Å². The molecule has 0 fully saturated rings. The summed E-state index contributed by atoms with van der Waals surface area (Å²) in [5, 5.41) is 5.20. The maximum atomic E-state index is 12.9. The van der Waals surface area contributed by atoms with E-state index < -0.39 is 16.1 Å². The highest BCUT2D eigenvalue weighted by molar-refractivity contribution is 7.92. The van der Waals surface area contributed by atoms with Crippen molar-refractivity contribution in [2.24, 2.45) is 0 Å². The standard InChI is InChI=1S/C27H25ClN2O4S/c1-3-25(34-26-10-6-8-19-7-4-5-9-23(19)26)27(31)29-21-13-15-22(16-14-21)35(32,33)30-24-17-20(28)12-11-18(24)2/h4-17,25,30H,3H2,1-2H3,(H,29,31). The third-order valence-corrected chi connectivity index (χ3v) is 7.17. The molecular formula is C27H25ClN2O4S. The van der Waals surface area contributed by atoms with Crippen LogP contribution in [-0.2, 0) is 14.8 Å². The second kappa shape index (κ2) is 10.4. The van der Waals surface area contributed by atoms with E-state index in [4.69, 9.17) is 16.3 Å². The molecule has 0 heterocycles. The van der Waals surface area contributed by atoms with Crippen LogP contribution in [0.25, 0.3) is 10.8 Å². The van der Waals surface area contributed by atoms with E-state index in [1.54, 1.807) is 37.3 Å². The number of hydrogen-bond acceptors (Lipinski definition) is 4. The predicted molar refractivity (Wildman–Crippen MR) is 141 cm³/mol. The molecule has 0 spiro atoms. The van der Waals surface area contributed by atoms with E-state index >= 15 is 0 Å².